The Morgan fingerprint density at radius 2 is 1.70 bits per heavy atom. The van der Waals surface area contributed by atoms with E-state index in [1.807, 2.05) is 18.2 Å². The zero-order valence-corrected chi connectivity index (χ0v) is 14.5. The van der Waals surface area contributed by atoms with E-state index < -0.39 is 0 Å². The van der Waals surface area contributed by atoms with E-state index in [0.717, 1.165) is 11.7 Å². The molecule has 23 heavy (non-hydrogen) atoms. The van der Waals surface area contributed by atoms with Crippen LogP contribution in [0.3, 0.4) is 0 Å². The number of ether oxygens (including phenoxy) is 1. The molecule has 2 atom stereocenters. The lowest BCUT2D eigenvalue weighted by Gasteiger charge is -2.19. The summed E-state index contributed by atoms with van der Waals surface area (Å²) in [6.07, 6.45) is 5.19. The van der Waals surface area contributed by atoms with Crippen LogP contribution in [0.2, 0.25) is 0 Å². The topological polar surface area (TPSA) is 21.3 Å². The predicted molar refractivity (Wildman–Crippen MR) is 98.4 cm³/mol. The highest BCUT2D eigenvalue weighted by Crippen LogP contribution is 2.29. The van der Waals surface area contributed by atoms with E-state index in [4.69, 9.17) is 4.74 Å². The van der Waals surface area contributed by atoms with Gasteiger partial charge in [0.25, 0.3) is 0 Å². The molecule has 2 nitrogen and oxygen atoms in total. The van der Waals surface area contributed by atoms with Crippen LogP contribution < -0.4 is 10.1 Å². The van der Waals surface area contributed by atoms with Gasteiger partial charge >= 0.3 is 0 Å². The van der Waals surface area contributed by atoms with Gasteiger partial charge in [0, 0.05) is 6.04 Å². The van der Waals surface area contributed by atoms with Crippen molar-refractivity contribution in [1.82, 2.24) is 5.32 Å². The zero-order valence-electron chi connectivity index (χ0n) is 13.7. The molecule has 1 fully saturated rings. The van der Waals surface area contributed by atoms with Crippen LogP contribution in [-0.4, -0.2) is 13.1 Å². The van der Waals surface area contributed by atoms with Crippen LogP contribution in [0.5, 0.6) is 5.75 Å². The van der Waals surface area contributed by atoms with Crippen LogP contribution in [0, 0.1) is 5.92 Å². The summed E-state index contributed by atoms with van der Waals surface area (Å²) in [5, 5.41) is 3.46. The molecule has 0 radical (unpaired) electrons. The number of nitrogens with one attached hydrogen (secondary N) is 1. The molecule has 0 amide bonds. The largest absolute Gasteiger partial charge is 0.489 e. The molecule has 1 aliphatic rings. The Balaban J connectivity index is 0.00000192. The first-order chi connectivity index (χ1) is 10.8. The van der Waals surface area contributed by atoms with Crippen molar-refractivity contribution in [3.8, 4) is 5.75 Å². The highest BCUT2D eigenvalue weighted by atomic mass is 35.5. The van der Waals surface area contributed by atoms with Gasteiger partial charge in [-0.3, -0.25) is 0 Å². The van der Waals surface area contributed by atoms with E-state index in [-0.39, 0.29) is 12.4 Å². The average Bonchev–Trinajstić information content (AvgIpc) is 3.02. The molecule has 0 bridgehead atoms. The summed E-state index contributed by atoms with van der Waals surface area (Å²) in [5.74, 6) is 1.73. The Bertz CT molecular complexity index is 570. The summed E-state index contributed by atoms with van der Waals surface area (Å²) in [4.78, 5) is 0. The summed E-state index contributed by atoms with van der Waals surface area (Å²) >= 11 is 0. The lowest BCUT2D eigenvalue weighted by Crippen LogP contribution is -2.29. The molecular formula is C20H26ClNO. The van der Waals surface area contributed by atoms with Crippen molar-refractivity contribution in [1.29, 1.82) is 0 Å². The molecule has 1 N–H and O–H groups in total. The van der Waals surface area contributed by atoms with Crippen LogP contribution >= 0.6 is 12.4 Å². The maximum Gasteiger partial charge on any atom is 0.119 e. The molecular weight excluding hydrogens is 306 g/mol. The number of rotatable bonds is 6. The second kappa shape index (κ2) is 8.95. The molecule has 0 aromatic heterocycles. The Morgan fingerprint density at radius 1 is 0.957 bits per heavy atom. The summed E-state index contributed by atoms with van der Waals surface area (Å²) in [7, 11) is 2.09. The fourth-order valence-electron chi connectivity index (χ4n) is 3.43. The molecule has 0 spiro atoms. The molecule has 1 saturated carbocycles. The van der Waals surface area contributed by atoms with E-state index in [1.165, 1.54) is 36.8 Å². The first kappa shape index (κ1) is 17.8. The lowest BCUT2D eigenvalue weighted by atomic mass is 9.95. The smallest absolute Gasteiger partial charge is 0.119 e. The van der Waals surface area contributed by atoms with Gasteiger partial charge in [-0.05, 0) is 55.5 Å². The fourth-order valence-corrected chi connectivity index (χ4v) is 3.43. The number of halogens is 1. The summed E-state index contributed by atoms with van der Waals surface area (Å²) in [6, 6.07) is 19.6. The maximum atomic E-state index is 5.85. The van der Waals surface area contributed by atoms with E-state index in [2.05, 4.69) is 48.8 Å². The quantitative estimate of drug-likeness (QED) is 0.834. The van der Waals surface area contributed by atoms with E-state index >= 15 is 0 Å². The van der Waals surface area contributed by atoms with Crippen molar-refractivity contribution in [3.05, 3.63) is 65.7 Å². The minimum atomic E-state index is 0. The van der Waals surface area contributed by atoms with Gasteiger partial charge < -0.3 is 10.1 Å². The minimum Gasteiger partial charge on any atom is -0.489 e. The van der Waals surface area contributed by atoms with Crippen molar-refractivity contribution in [3.63, 3.8) is 0 Å². The van der Waals surface area contributed by atoms with Crippen LogP contribution in [0.1, 0.15) is 30.4 Å². The molecule has 3 heteroatoms. The van der Waals surface area contributed by atoms with Crippen LogP contribution in [0.25, 0.3) is 0 Å². The van der Waals surface area contributed by atoms with Gasteiger partial charge in [0.05, 0.1) is 0 Å². The van der Waals surface area contributed by atoms with Gasteiger partial charge in [0.15, 0.2) is 0 Å². The Hall–Kier alpha value is -1.51. The number of hydrogen-bond acceptors (Lipinski definition) is 2. The first-order valence-electron chi connectivity index (χ1n) is 8.28. The Morgan fingerprint density at radius 3 is 2.39 bits per heavy atom. The summed E-state index contributed by atoms with van der Waals surface area (Å²) in [5.41, 5.74) is 2.62. The molecule has 2 aromatic carbocycles. The van der Waals surface area contributed by atoms with E-state index in [9.17, 15) is 0 Å². The van der Waals surface area contributed by atoms with Crippen molar-refractivity contribution >= 4 is 12.4 Å². The fraction of sp³-hybridized carbons (Fsp3) is 0.400. The molecule has 3 rings (SSSR count). The van der Waals surface area contributed by atoms with Gasteiger partial charge in [-0.2, -0.15) is 0 Å². The number of benzene rings is 2. The number of hydrogen-bond donors (Lipinski definition) is 1. The van der Waals surface area contributed by atoms with E-state index in [0.29, 0.717) is 12.6 Å². The third-order valence-electron chi connectivity index (χ3n) is 4.70. The highest BCUT2D eigenvalue weighted by Gasteiger charge is 2.25. The summed E-state index contributed by atoms with van der Waals surface area (Å²) < 4.78 is 5.85. The highest BCUT2D eigenvalue weighted by molar-refractivity contribution is 5.85. The third-order valence-corrected chi connectivity index (χ3v) is 4.70. The van der Waals surface area contributed by atoms with Crippen molar-refractivity contribution < 1.29 is 4.74 Å². The van der Waals surface area contributed by atoms with Gasteiger partial charge in [-0.1, -0.05) is 48.9 Å². The molecule has 2 aromatic rings. The summed E-state index contributed by atoms with van der Waals surface area (Å²) in [6.45, 7) is 0.630. The Labute approximate surface area is 145 Å². The molecule has 0 aliphatic heterocycles. The molecule has 124 valence electrons. The van der Waals surface area contributed by atoms with Gasteiger partial charge in [0.2, 0.25) is 0 Å². The second-order valence-corrected chi connectivity index (χ2v) is 6.21. The van der Waals surface area contributed by atoms with Gasteiger partial charge in [0.1, 0.15) is 12.4 Å². The average molecular weight is 332 g/mol. The van der Waals surface area contributed by atoms with Gasteiger partial charge in [-0.15, -0.1) is 12.4 Å². The predicted octanol–water partition coefficient (Wildman–Crippen LogP) is 4.62. The molecule has 1 aliphatic carbocycles. The maximum absolute atomic E-state index is 5.85. The molecule has 0 saturated heterocycles. The molecule has 0 heterocycles. The normalized spacial score (nSPS) is 20.0. The van der Waals surface area contributed by atoms with Crippen LogP contribution in [0.4, 0.5) is 0 Å². The monoisotopic (exact) mass is 331 g/mol. The zero-order chi connectivity index (χ0) is 15.2. The second-order valence-electron chi connectivity index (χ2n) is 6.21. The van der Waals surface area contributed by atoms with E-state index in [1.54, 1.807) is 0 Å². The third kappa shape index (κ3) is 4.98. The van der Waals surface area contributed by atoms with Crippen molar-refractivity contribution in [2.75, 3.05) is 7.05 Å². The molecule has 0 unspecified atom stereocenters. The minimum absolute atomic E-state index is 0. The SMILES string of the molecule is CN[C@@H]1CCC[C@@H]1Cc1ccc(OCc2ccccc2)cc1.Cl. The standard InChI is InChI=1S/C20H25NO.ClH/c1-21-20-9-5-8-18(20)14-16-10-12-19(13-11-16)22-15-17-6-3-2-4-7-17;/h2-4,6-7,10-13,18,20-21H,5,8-9,14-15H2,1H3;1H/t18-,20-;/m1./s1. The van der Waals surface area contributed by atoms with Crippen LogP contribution in [-0.2, 0) is 13.0 Å². The Kier molecular flexibility index (Phi) is 6.94. The van der Waals surface area contributed by atoms with Crippen molar-refractivity contribution in [2.45, 2.75) is 38.3 Å². The lowest BCUT2D eigenvalue weighted by molar-refractivity contribution is 0.306. The van der Waals surface area contributed by atoms with Crippen molar-refractivity contribution in [2.24, 2.45) is 5.92 Å². The first-order valence-corrected chi connectivity index (χ1v) is 8.28. The van der Waals surface area contributed by atoms with Gasteiger partial charge in [-0.25, -0.2) is 0 Å². The van der Waals surface area contributed by atoms with Crippen LogP contribution in [0.15, 0.2) is 54.6 Å².